The summed E-state index contributed by atoms with van der Waals surface area (Å²) in [5.41, 5.74) is 3.63. The van der Waals surface area contributed by atoms with Gasteiger partial charge in [0.2, 0.25) is 5.91 Å². The number of rotatable bonds is 6. The standard InChI is InChI=1S/C22H24F2N2O2/c1-15(25-22(28)7-4-16-11-19(23)14-20(24)12-16)17-5-6-21-18(13-17)3-2-8-26(21)9-10-27/h4-7,11-15,27H,2-3,8-10H2,1H3,(H,25,28). The normalized spacial score (nSPS) is 14.8. The molecule has 1 heterocycles. The number of aliphatic hydroxyl groups is 1. The first-order valence-electron chi connectivity index (χ1n) is 9.39. The van der Waals surface area contributed by atoms with Crippen molar-refractivity contribution in [2.45, 2.75) is 25.8 Å². The molecule has 1 aliphatic rings. The highest BCUT2D eigenvalue weighted by molar-refractivity contribution is 5.92. The molecule has 6 heteroatoms. The third-order valence-corrected chi connectivity index (χ3v) is 4.86. The molecule has 0 saturated heterocycles. The fourth-order valence-electron chi connectivity index (χ4n) is 3.51. The quantitative estimate of drug-likeness (QED) is 0.746. The second kappa shape index (κ2) is 8.97. The van der Waals surface area contributed by atoms with Gasteiger partial charge in [0.25, 0.3) is 0 Å². The van der Waals surface area contributed by atoms with E-state index in [0.717, 1.165) is 48.8 Å². The molecule has 1 amide bonds. The Labute approximate surface area is 163 Å². The predicted octanol–water partition coefficient (Wildman–Crippen LogP) is 3.60. The number of hydrogen-bond acceptors (Lipinski definition) is 3. The van der Waals surface area contributed by atoms with Crippen molar-refractivity contribution in [1.29, 1.82) is 0 Å². The Bertz CT molecular complexity index is 863. The van der Waals surface area contributed by atoms with E-state index in [9.17, 15) is 18.7 Å². The van der Waals surface area contributed by atoms with Crippen LogP contribution in [0.5, 0.6) is 0 Å². The van der Waals surface area contributed by atoms with Crippen molar-refractivity contribution in [1.82, 2.24) is 5.32 Å². The average Bonchev–Trinajstić information content (AvgIpc) is 2.65. The lowest BCUT2D eigenvalue weighted by Crippen LogP contribution is -2.32. The van der Waals surface area contributed by atoms with Crippen LogP contribution in [0.1, 0.15) is 36.1 Å². The molecule has 2 aromatic rings. The molecular weight excluding hydrogens is 362 g/mol. The van der Waals surface area contributed by atoms with Crippen molar-refractivity contribution in [3.63, 3.8) is 0 Å². The van der Waals surface area contributed by atoms with Gasteiger partial charge in [0.15, 0.2) is 0 Å². The van der Waals surface area contributed by atoms with Gasteiger partial charge in [0, 0.05) is 30.9 Å². The van der Waals surface area contributed by atoms with Crippen LogP contribution in [0.2, 0.25) is 0 Å². The Morgan fingerprint density at radius 3 is 2.71 bits per heavy atom. The summed E-state index contributed by atoms with van der Waals surface area (Å²) in [7, 11) is 0. The van der Waals surface area contributed by atoms with Crippen LogP contribution in [0, 0.1) is 11.6 Å². The first-order valence-corrected chi connectivity index (χ1v) is 9.39. The molecule has 1 unspecified atom stereocenters. The number of benzene rings is 2. The molecule has 0 spiro atoms. The molecule has 0 aromatic heterocycles. The van der Waals surface area contributed by atoms with Crippen molar-refractivity contribution in [2.75, 3.05) is 24.6 Å². The van der Waals surface area contributed by atoms with Gasteiger partial charge in [-0.3, -0.25) is 4.79 Å². The van der Waals surface area contributed by atoms with Crippen LogP contribution in [-0.4, -0.2) is 30.7 Å². The van der Waals surface area contributed by atoms with Crippen molar-refractivity contribution in [3.05, 3.63) is 70.8 Å². The Hall–Kier alpha value is -2.73. The summed E-state index contributed by atoms with van der Waals surface area (Å²) < 4.78 is 26.4. The maximum absolute atomic E-state index is 13.2. The minimum Gasteiger partial charge on any atom is -0.395 e. The highest BCUT2D eigenvalue weighted by Crippen LogP contribution is 2.29. The molecule has 0 saturated carbocycles. The van der Waals surface area contributed by atoms with Crippen LogP contribution >= 0.6 is 0 Å². The van der Waals surface area contributed by atoms with Gasteiger partial charge in [-0.15, -0.1) is 0 Å². The molecule has 2 N–H and O–H groups in total. The summed E-state index contributed by atoms with van der Waals surface area (Å²) in [6.45, 7) is 3.56. The van der Waals surface area contributed by atoms with E-state index in [1.165, 1.54) is 17.7 Å². The number of anilines is 1. The molecule has 3 rings (SSSR count). The topological polar surface area (TPSA) is 52.6 Å². The molecular formula is C22H24F2N2O2. The average molecular weight is 386 g/mol. The number of hydrogen-bond donors (Lipinski definition) is 2. The largest absolute Gasteiger partial charge is 0.395 e. The first kappa shape index (κ1) is 20.0. The summed E-state index contributed by atoms with van der Waals surface area (Å²) in [6, 6.07) is 9.01. The number of nitrogens with zero attached hydrogens (tertiary/aromatic N) is 1. The minimum absolute atomic E-state index is 0.120. The number of aryl methyl sites for hydroxylation is 1. The fourth-order valence-corrected chi connectivity index (χ4v) is 3.51. The predicted molar refractivity (Wildman–Crippen MR) is 106 cm³/mol. The first-order chi connectivity index (χ1) is 13.5. The van der Waals surface area contributed by atoms with E-state index < -0.39 is 11.6 Å². The van der Waals surface area contributed by atoms with Crippen LogP contribution in [0.3, 0.4) is 0 Å². The van der Waals surface area contributed by atoms with Gasteiger partial charge in [0.05, 0.1) is 12.6 Å². The van der Waals surface area contributed by atoms with Gasteiger partial charge in [-0.1, -0.05) is 12.1 Å². The smallest absolute Gasteiger partial charge is 0.244 e. The van der Waals surface area contributed by atoms with Gasteiger partial charge in [0.1, 0.15) is 11.6 Å². The number of fused-ring (bicyclic) bond motifs is 1. The molecule has 28 heavy (non-hydrogen) atoms. The number of carbonyl (C=O) groups excluding carboxylic acids is 1. The fraction of sp³-hybridized carbons (Fsp3) is 0.318. The van der Waals surface area contributed by atoms with Crippen molar-refractivity contribution in [3.8, 4) is 0 Å². The monoisotopic (exact) mass is 386 g/mol. The van der Waals surface area contributed by atoms with Crippen molar-refractivity contribution >= 4 is 17.7 Å². The van der Waals surface area contributed by atoms with E-state index in [1.54, 1.807) is 0 Å². The lowest BCUT2D eigenvalue weighted by molar-refractivity contribution is -0.117. The van der Waals surface area contributed by atoms with E-state index in [0.29, 0.717) is 6.54 Å². The molecule has 0 fully saturated rings. The van der Waals surface area contributed by atoms with Gasteiger partial charge in [-0.25, -0.2) is 8.78 Å². The van der Waals surface area contributed by atoms with Gasteiger partial charge in [-0.2, -0.15) is 0 Å². The Kier molecular flexibility index (Phi) is 6.41. The lowest BCUT2D eigenvalue weighted by atomic mass is 9.97. The maximum Gasteiger partial charge on any atom is 0.244 e. The number of aliphatic hydroxyl groups excluding tert-OH is 1. The molecule has 1 atom stereocenters. The van der Waals surface area contributed by atoms with Crippen LogP contribution in [-0.2, 0) is 11.2 Å². The number of amides is 1. The Morgan fingerprint density at radius 2 is 2.00 bits per heavy atom. The molecule has 0 aliphatic carbocycles. The summed E-state index contributed by atoms with van der Waals surface area (Å²) in [5, 5.41) is 12.1. The van der Waals surface area contributed by atoms with Crippen molar-refractivity contribution < 1.29 is 18.7 Å². The van der Waals surface area contributed by atoms with E-state index in [1.807, 2.05) is 19.1 Å². The van der Waals surface area contributed by atoms with Crippen molar-refractivity contribution in [2.24, 2.45) is 0 Å². The second-order valence-corrected chi connectivity index (χ2v) is 6.97. The third kappa shape index (κ3) is 4.95. The molecule has 148 valence electrons. The zero-order valence-electron chi connectivity index (χ0n) is 15.8. The number of carbonyl (C=O) groups is 1. The van der Waals surface area contributed by atoms with E-state index in [4.69, 9.17) is 0 Å². The molecule has 2 aromatic carbocycles. The van der Waals surface area contributed by atoms with E-state index in [-0.39, 0.29) is 24.1 Å². The number of β-amino-alcohol motifs (C(OH)–C–C–N with tert-alkyl or cyclic N) is 1. The highest BCUT2D eigenvalue weighted by Gasteiger charge is 2.18. The van der Waals surface area contributed by atoms with Crippen LogP contribution in [0.15, 0.2) is 42.5 Å². The van der Waals surface area contributed by atoms with E-state index in [2.05, 4.69) is 16.3 Å². The van der Waals surface area contributed by atoms with Crippen LogP contribution in [0.25, 0.3) is 6.08 Å². The van der Waals surface area contributed by atoms with Crippen LogP contribution in [0.4, 0.5) is 14.5 Å². The summed E-state index contributed by atoms with van der Waals surface area (Å²) in [4.78, 5) is 14.3. The van der Waals surface area contributed by atoms with Crippen LogP contribution < -0.4 is 10.2 Å². The lowest BCUT2D eigenvalue weighted by Gasteiger charge is -2.31. The number of halogens is 2. The minimum atomic E-state index is -0.683. The van der Waals surface area contributed by atoms with Gasteiger partial charge in [-0.05, 0) is 60.7 Å². The summed E-state index contributed by atoms with van der Waals surface area (Å²) in [5.74, 6) is -1.70. The molecule has 0 bridgehead atoms. The SMILES string of the molecule is CC(NC(=O)C=Cc1cc(F)cc(F)c1)c1ccc2c(c1)CCCN2CCO. The summed E-state index contributed by atoms with van der Waals surface area (Å²) >= 11 is 0. The zero-order chi connectivity index (χ0) is 20.1. The molecule has 0 radical (unpaired) electrons. The Balaban J connectivity index is 1.66. The third-order valence-electron chi connectivity index (χ3n) is 4.86. The maximum atomic E-state index is 13.2. The molecule has 4 nitrogen and oxygen atoms in total. The second-order valence-electron chi connectivity index (χ2n) is 6.97. The van der Waals surface area contributed by atoms with Gasteiger partial charge < -0.3 is 15.3 Å². The van der Waals surface area contributed by atoms with E-state index >= 15 is 0 Å². The highest BCUT2D eigenvalue weighted by atomic mass is 19.1. The summed E-state index contributed by atoms with van der Waals surface area (Å²) in [6.07, 6.45) is 4.65. The van der Waals surface area contributed by atoms with Gasteiger partial charge >= 0.3 is 0 Å². The zero-order valence-corrected chi connectivity index (χ0v) is 15.8. The molecule has 1 aliphatic heterocycles. The Morgan fingerprint density at radius 1 is 1.25 bits per heavy atom. The number of nitrogens with one attached hydrogen (secondary N) is 1.